The number of guanidine groups is 1. The number of aliphatic imine (C=N–C) groups is 1. The van der Waals surface area contributed by atoms with E-state index >= 15 is 0 Å². The average molecular weight is 479 g/mol. The molecule has 1 aromatic carbocycles. The summed E-state index contributed by atoms with van der Waals surface area (Å²) in [5.74, 6) is 1.59. The van der Waals surface area contributed by atoms with Crippen LogP contribution < -0.4 is 15.4 Å². The molecule has 0 heterocycles. The molecule has 0 amide bonds. The van der Waals surface area contributed by atoms with Crippen LogP contribution in [0.15, 0.2) is 23.2 Å². The zero-order chi connectivity index (χ0) is 17.4. The van der Waals surface area contributed by atoms with Crippen LogP contribution in [-0.4, -0.2) is 48.8 Å². The van der Waals surface area contributed by atoms with Crippen LogP contribution in [0.2, 0.25) is 0 Å². The van der Waals surface area contributed by atoms with Crippen LogP contribution in [0.25, 0.3) is 0 Å². The van der Waals surface area contributed by atoms with E-state index < -0.39 is 0 Å². The van der Waals surface area contributed by atoms with Crippen LogP contribution in [0, 0.1) is 0 Å². The molecule has 1 aliphatic rings. The maximum Gasteiger partial charge on any atom is 0.191 e. The van der Waals surface area contributed by atoms with Crippen molar-refractivity contribution in [3.8, 4) is 11.5 Å². The highest BCUT2D eigenvalue weighted by molar-refractivity contribution is 14.0. The topological polar surface area (TPSA) is 65.9 Å². The van der Waals surface area contributed by atoms with Gasteiger partial charge in [0.1, 0.15) is 0 Å². The number of methoxy groups -OCH3 is 1. The molecular formula is C18H30IN3O2S. The fourth-order valence-corrected chi connectivity index (χ4v) is 3.82. The lowest BCUT2D eigenvalue weighted by atomic mass is 10.1. The molecule has 2 rings (SSSR count). The van der Waals surface area contributed by atoms with Crippen molar-refractivity contribution in [2.75, 3.05) is 26.5 Å². The third-order valence-electron chi connectivity index (χ3n) is 4.36. The lowest BCUT2D eigenvalue weighted by Gasteiger charge is -2.17. The molecule has 5 nitrogen and oxygen atoms in total. The number of aromatic hydroxyl groups is 1. The highest BCUT2D eigenvalue weighted by Gasteiger charge is 2.24. The Bertz CT molecular complexity index is 557. The van der Waals surface area contributed by atoms with E-state index in [1.165, 1.54) is 19.3 Å². The molecule has 142 valence electrons. The van der Waals surface area contributed by atoms with Gasteiger partial charge in [-0.2, -0.15) is 11.8 Å². The Balaban J connectivity index is 0.00000312. The first kappa shape index (κ1) is 22.2. The second-order valence-corrected chi connectivity index (χ2v) is 7.13. The van der Waals surface area contributed by atoms with Gasteiger partial charge in [0.05, 0.1) is 7.11 Å². The summed E-state index contributed by atoms with van der Waals surface area (Å²) in [5.41, 5.74) is 0.859. The van der Waals surface area contributed by atoms with Crippen LogP contribution >= 0.6 is 35.7 Å². The minimum absolute atomic E-state index is 0. The Labute approximate surface area is 172 Å². The molecule has 1 saturated carbocycles. The number of halogens is 1. The summed E-state index contributed by atoms with van der Waals surface area (Å²) in [6.07, 6.45) is 6.54. The minimum atomic E-state index is 0. The Morgan fingerprint density at radius 1 is 1.40 bits per heavy atom. The van der Waals surface area contributed by atoms with Gasteiger partial charge in [0.25, 0.3) is 0 Å². The number of hydrogen-bond donors (Lipinski definition) is 3. The summed E-state index contributed by atoms with van der Waals surface area (Å²) in [5, 5.41) is 17.8. The maximum absolute atomic E-state index is 10.1. The lowest BCUT2D eigenvalue weighted by Crippen LogP contribution is -2.42. The smallest absolute Gasteiger partial charge is 0.191 e. The van der Waals surface area contributed by atoms with Gasteiger partial charge < -0.3 is 20.5 Å². The van der Waals surface area contributed by atoms with E-state index in [1.54, 1.807) is 13.2 Å². The molecule has 1 aliphatic carbocycles. The fraction of sp³-hybridized carbons (Fsp3) is 0.611. The van der Waals surface area contributed by atoms with Crippen molar-refractivity contribution < 1.29 is 9.84 Å². The minimum Gasteiger partial charge on any atom is -0.504 e. The highest BCUT2D eigenvalue weighted by Crippen LogP contribution is 2.30. The van der Waals surface area contributed by atoms with Gasteiger partial charge in [-0.15, -0.1) is 24.0 Å². The van der Waals surface area contributed by atoms with Crippen LogP contribution in [0.1, 0.15) is 31.7 Å². The van der Waals surface area contributed by atoms with E-state index in [0.717, 1.165) is 23.3 Å². The second kappa shape index (κ2) is 11.7. The Morgan fingerprint density at radius 3 is 2.84 bits per heavy atom. The molecule has 1 aromatic rings. The van der Waals surface area contributed by atoms with Crippen molar-refractivity contribution in [3.63, 3.8) is 0 Å². The van der Waals surface area contributed by atoms with Crippen LogP contribution in [0.5, 0.6) is 11.5 Å². The summed E-state index contributed by atoms with van der Waals surface area (Å²) in [6, 6.07) is 6.07. The second-order valence-electron chi connectivity index (χ2n) is 5.99. The third kappa shape index (κ3) is 6.77. The molecule has 0 saturated heterocycles. The molecule has 7 heteroatoms. The van der Waals surface area contributed by atoms with Crippen LogP contribution in [-0.2, 0) is 6.42 Å². The van der Waals surface area contributed by atoms with Gasteiger partial charge in [0.15, 0.2) is 17.5 Å². The Kier molecular flexibility index (Phi) is 10.4. The predicted octanol–water partition coefficient (Wildman–Crippen LogP) is 3.40. The van der Waals surface area contributed by atoms with Crippen LogP contribution in [0.4, 0.5) is 0 Å². The molecule has 3 N–H and O–H groups in total. The van der Waals surface area contributed by atoms with E-state index in [1.807, 2.05) is 23.9 Å². The number of phenols is 1. The van der Waals surface area contributed by atoms with E-state index in [-0.39, 0.29) is 29.7 Å². The predicted molar refractivity (Wildman–Crippen MR) is 118 cm³/mol. The molecule has 0 spiro atoms. The SMILES string of the molecule is CCNC(=NCCc1cccc(OC)c1O)NC1CCC(SC)C1.I. The van der Waals surface area contributed by atoms with Gasteiger partial charge in [-0.1, -0.05) is 12.1 Å². The molecule has 0 bridgehead atoms. The quantitative estimate of drug-likeness (QED) is 0.318. The van der Waals surface area contributed by atoms with E-state index in [4.69, 9.17) is 4.74 Å². The van der Waals surface area contributed by atoms with Crippen molar-refractivity contribution >= 4 is 41.7 Å². The van der Waals surface area contributed by atoms with Gasteiger partial charge >= 0.3 is 0 Å². The number of nitrogens with zero attached hydrogens (tertiary/aromatic N) is 1. The largest absolute Gasteiger partial charge is 0.504 e. The molecule has 0 aromatic heterocycles. The van der Waals surface area contributed by atoms with Crippen molar-refractivity contribution in [2.24, 2.45) is 4.99 Å². The molecule has 0 radical (unpaired) electrons. The normalized spacial score (nSPS) is 20.0. The van der Waals surface area contributed by atoms with E-state index in [9.17, 15) is 5.11 Å². The summed E-state index contributed by atoms with van der Waals surface area (Å²) in [6.45, 7) is 3.54. The maximum atomic E-state index is 10.1. The molecule has 2 atom stereocenters. The number of phenolic OH excluding ortho intramolecular Hbond substituents is 1. The summed E-state index contributed by atoms with van der Waals surface area (Å²) in [4.78, 5) is 4.66. The van der Waals surface area contributed by atoms with Crippen molar-refractivity contribution in [2.45, 2.75) is 43.9 Å². The summed E-state index contributed by atoms with van der Waals surface area (Å²) in [7, 11) is 1.56. The lowest BCUT2D eigenvalue weighted by molar-refractivity contribution is 0.370. The standard InChI is InChI=1S/C18H29N3O2S.HI/c1-4-19-18(21-14-8-9-15(12-14)24-3)20-11-10-13-6-5-7-16(23-2)17(13)22;/h5-7,14-15,22H,4,8-12H2,1-3H3,(H2,19,20,21);1H. The van der Waals surface area contributed by atoms with E-state index in [2.05, 4.69) is 28.8 Å². The zero-order valence-electron chi connectivity index (χ0n) is 15.2. The first-order valence-electron chi connectivity index (χ1n) is 8.60. The molecule has 25 heavy (non-hydrogen) atoms. The molecule has 0 aliphatic heterocycles. The monoisotopic (exact) mass is 479 g/mol. The number of rotatable bonds is 7. The number of para-hydroxylation sites is 1. The Morgan fingerprint density at radius 2 is 2.20 bits per heavy atom. The molecule has 1 fully saturated rings. The van der Waals surface area contributed by atoms with Crippen LogP contribution in [0.3, 0.4) is 0 Å². The van der Waals surface area contributed by atoms with Gasteiger partial charge in [-0.3, -0.25) is 4.99 Å². The third-order valence-corrected chi connectivity index (χ3v) is 5.45. The fourth-order valence-electron chi connectivity index (χ4n) is 3.02. The number of thioether (sulfide) groups is 1. The zero-order valence-corrected chi connectivity index (χ0v) is 18.4. The molecule has 2 unspecified atom stereocenters. The van der Waals surface area contributed by atoms with E-state index in [0.29, 0.717) is 24.8 Å². The summed E-state index contributed by atoms with van der Waals surface area (Å²) >= 11 is 1.96. The average Bonchev–Trinajstić information content (AvgIpc) is 3.04. The van der Waals surface area contributed by atoms with Crippen molar-refractivity contribution in [1.82, 2.24) is 10.6 Å². The first-order valence-corrected chi connectivity index (χ1v) is 9.89. The van der Waals surface area contributed by atoms with Crippen molar-refractivity contribution in [3.05, 3.63) is 23.8 Å². The van der Waals surface area contributed by atoms with Gasteiger partial charge in [-0.25, -0.2) is 0 Å². The summed E-state index contributed by atoms with van der Waals surface area (Å²) < 4.78 is 5.15. The van der Waals surface area contributed by atoms with Gasteiger partial charge in [0.2, 0.25) is 0 Å². The van der Waals surface area contributed by atoms with Crippen molar-refractivity contribution in [1.29, 1.82) is 0 Å². The molecular weight excluding hydrogens is 449 g/mol. The number of benzene rings is 1. The first-order chi connectivity index (χ1) is 11.7. The number of nitrogens with one attached hydrogen (secondary N) is 2. The number of ether oxygens (including phenoxy) is 1. The number of hydrogen-bond acceptors (Lipinski definition) is 4. The van der Waals surface area contributed by atoms with Gasteiger partial charge in [0, 0.05) is 24.4 Å². The highest BCUT2D eigenvalue weighted by atomic mass is 127. The Hall–Kier alpha value is -0.830. The van der Waals surface area contributed by atoms with Gasteiger partial charge in [-0.05, 0) is 50.5 Å².